The van der Waals surface area contributed by atoms with Gasteiger partial charge in [0.15, 0.2) is 0 Å². The zero-order valence-electron chi connectivity index (χ0n) is 7.12. The Morgan fingerprint density at radius 2 is 2.08 bits per heavy atom. The second-order valence-electron chi connectivity index (χ2n) is 3.04. The number of aromatic amines is 1. The Bertz CT molecular complexity index is 279. The van der Waals surface area contributed by atoms with Crippen LogP contribution in [-0.4, -0.2) is 11.0 Å². The van der Waals surface area contributed by atoms with Crippen LogP contribution in [0.2, 0.25) is 0 Å². The summed E-state index contributed by atoms with van der Waals surface area (Å²) >= 11 is 4.68. The molecular weight excluding hydrogens is 378 g/mol. The first-order valence-electron chi connectivity index (χ1n) is 3.80. The third kappa shape index (κ3) is 2.35. The summed E-state index contributed by atoms with van der Waals surface area (Å²) in [5.41, 5.74) is 8.34. The van der Waals surface area contributed by atoms with E-state index < -0.39 is 0 Å². The summed E-state index contributed by atoms with van der Waals surface area (Å²) in [5, 5.41) is 0. The van der Waals surface area contributed by atoms with Crippen molar-refractivity contribution in [3.8, 4) is 0 Å². The first-order valence-corrected chi connectivity index (χ1v) is 5.96. The first-order chi connectivity index (χ1) is 5.52. The van der Waals surface area contributed by atoms with Gasteiger partial charge in [-0.05, 0) is 64.6 Å². The Balaban J connectivity index is 2.93. The number of H-pyrrole nitrogens is 1. The number of hydrogen-bond acceptors (Lipinski definition) is 1. The van der Waals surface area contributed by atoms with E-state index in [0.29, 0.717) is 0 Å². The van der Waals surface area contributed by atoms with Crippen molar-refractivity contribution in [1.29, 1.82) is 0 Å². The van der Waals surface area contributed by atoms with E-state index in [-0.39, 0.29) is 6.04 Å². The maximum atomic E-state index is 5.73. The van der Waals surface area contributed by atoms with E-state index in [1.54, 1.807) is 0 Å². The van der Waals surface area contributed by atoms with Crippen LogP contribution in [0.25, 0.3) is 0 Å². The standard InChI is InChI=1S/C8H12I2N2/c1-4(11)3-6-7(9)5(2)8(10)12-6/h4,12H,3,11H2,1-2H3. The van der Waals surface area contributed by atoms with E-state index in [4.69, 9.17) is 5.73 Å². The lowest BCUT2D eigenvalue weighted by Crippen LogP contribution is -2.18. The molecule has 0 saturated carbocycles. The summed E-state index contributed by atoms with van der Waals surface area (Å²) in [4.78, 5) is 3.34. The van der Waals surface area contributed by atoms with Crippen molar-refractivity contribution >= 4 is 45.2 Å². The Labute approximate surface area is 100.0 Å². The SMILES string of the molecule is Cc1c(I)[nH]c(CC(C)N)c1I. The summed E-state index contributed by atoms with van der Waals surface area (Å²) in [6.45, 7) is 4.16. The Hall–Kier alpha value is 0.700. The van der Waals surface area contributed by atoms with Gasteiger partial charge in [-0.1, -0.05) is 0 Å². The van der Waals surface area contributed by atoms with Crippen LogP contribution in [0.15, 0.2) is 0 Å². The summed E-state index contributed by atoms with van der Waals surface area (Å²) in [5.74, 6) is 0. The van der Waals surface area contributed by atoms with Crippen molar-refractivity contribution in [2.75, 3.05) is 0 Å². The van der Waals surface area contributed by atoms with Crippen LogP contribution in [0.4, 0.5) is 0 Å². The fourth-order valence-electron chi connectivity index (χ4n) is 1.07. The van der Waals surface area contributed by atoms with Gasteiger partial charge in [0.1, 0.15) is 0 Å². The van der Waals surface area contributed by atoms with Crippen LogP contribution in [0.1, 0.15) is 18.2 Å². The van der Waals surface area contributed by atoms with Crippen molar-refractivity contribution in [1.82, 2.24) is 4.98 Å². The molecule has 1 heterocycles. The van der Waals surface area contributed by atoms with Crippen molar-refractivity contribution in [3.63, 3.8) is 0 Å². The minimum Gasteiger partial charge on any atom is -0.353 e. The third-order valence-electron chi connectivity index (χ3n) is 1.71. The molecule has 0 spiro atoms. The van der Waals surface area contributed by atoms with Gasteiger partial charge in [0, 0.05) is 21.7 Å². The molecule has 1 aromatic heterocycles. The minimum absolute atomic E-state index is 0.229. The van der Waals surface area contributed by atoms with Gasteiger partial charge in [-0.15, -0.1) is 0 Å². The predicted molar refractivity (Wildman–Crippen MR) is 68.3 cm³/mol. The molecule has 0 fully saturated rings. The fourth-order valence-corrected chi connectivity index (χ4v) is 2.80. The van der Waals surface area contributed by atoms with Gasteiger partial charge in [0.25, 0.3) is 0 Å². The van der Waals surface area contributed by atoms with E-state index in [2.05, 4.69) is 57.1 Å². The molecule has 3 N–H and O–H groups in total. The molecule has 0 saturated heterocycles. The van der Waals surface area contributed by atoms with Crippen LogP contribution >= 0.6 is 45.2 Å². The van der Waals surface area contributed by atoms with Gasteiger partial charge in [0.05, 0.1) is 3.70 Å². The lowest BCUT2D eigenvalue weighted by molar-refractivity contribution is 0.722. The fraction of sp³-hybridized carbons (Fsp3) is 0.500. The highest BCUT2D eigenvalue weighted by molar-refractivity contribution is 14.1. The zero-order valence-corrected chi connectivity index (χ0v) is 11.4. The molecule has 0 bridgehead atoms. The summed E-state index contributed by atoms with van der Waals surface area (Å²) in [6.07, 6.45) is 0.933. The third-order valence-corrected chi connectivity index (χ3v) is 4.25. The van der Waals surface area contributed by atoms with Crippen LogP contribution in [-0.2, 0) is 6.42 Å². The highest BCUT2D eigenvalue weighted by atomic mass is 127. The lowest BCUT2D eigenvalue weighted by Gasteiger charge is -2.02. The van der Waals surface area contributed by atoms with E-state index >= 15 is 0 Å². The molecule has 12 heavy (non-hydrogen) atoms. The van der Waals surface area contributed by atoms with E-state index in [1.165, 1.54) is 18.5 Å². The maximum absolute atomic E-state index is 5.73. The summed E-state index contributed by atoms with van der Waals surface area (Å²) in [6, 6.07) is 0.229. The van der Waals surface area contributed by atoms with Crippen LogP contribution < -0.4 is 5.73 Å². The topological polar surface area (TPSA) is 41.8 Å². The Kier molecular flexibility index (Phi) is 3.84. The average molecular weight is 390 g/mol. The molecule has 0 amide bonds. The molecule has 1 aromatic rings. The smallest absolute Gasteiger partial charge is 0.0814 e. The normalized spacial score (nSPS) is 13.4. The predicted octanol–water partition coefficient (Wildman–Crippen LogP) is 2.42. The van der Waals surface area contributed by atoms with Crippen LogP contribution in [0.3, 0.4) is 0 Å². The molecule has 0 aromatic carbocycles. The number of nitrogens with one attached hydrogen (secondary N) is 1. The average Bonchev–Trinajstić information content (AvgIpc) is 2.17. The van der Waals surface area contributed by atoms with E-state index in [1.807, 2.05) is 6.92 Å². The number of rotatable bonds is 2. The molecule has 0 radical (unpaired) electrons. The maximum Gasteiger partial charge on any atom is 0.0814 e. The molecule has 2 nitrogen and oxygen atoms in total. The van der Waals surface area contributed by atoms with Crippen molar-refractivity contribution < 1.29 is 0 Å². The van der Waals surface area contributed by atoms with Crippen molar-refractivity contribution in [2.24, 2.45) is 5.73 Å². The van der Waals surface area contributed by atoms with Gasteiger partial charge < -0.3 is 10.7 Å². The zero-order chi connectivity index (χ0) is 9.30. The van der Waals surface area contributed by atoms with Gasteiger partial charge >= 0.3 is 0 Å². The minimum atomic E-state index is 0.229. The molecule has 1 atom stereocenters. The Morgan fingerprint density at radius 1 is 1.50 bits per heavy atom. The highest BCUT2D eigenvalue weighted by Gasteiger charge is 2.10. The van der Waals surface area contributed by atoms with E-state index in [9.17, 15) is 0 Å². The van der Waals surface area contributed by atoms with Crippen molar-refractivity contribution in [2.45, 2.75) is 26.3 Å². The number of nitrogens with two attached hydrogens (primary N) is 1. The largest absolute Gasteiger partial charge is 0.353 e. The quantitative estimate of drug-likeness (QED) is 0.749. The number of hydrogen-bond donors (Lipinski definition) is 2. The first kappa shape index (κ1) is 10.8. The number of halogens is 2. The molecule has 4 heteroatoms. The van der Waals surface area contributed by atoms with Gasteiger partial charge in [-0.25, -0.2) is 0 Å². The van der Waals surface area contributed by atoms with Crippen LogP contribution in [0, 0.1) is 14.2 Å². The molecule has 1 rings (SSSR count). The summed E-state index contributed by atoms with van der Waals surface area (Å²) < 4.78 is 2.56. The summed E-state index contributed by atoms with van der Waals surface area (Å²) in [7, 11) is 0. The molecule has 0 aliphatic rings. The lowest BCUT2D eigenvalue weighted by atomic mass is 10.2. The highest BCUT2D eigenvalue weighted by Crippen LogP contribution is 2.22. The van der Waals surface area contributed by atoms with Crippen molar-refractivity contribution in [3.05, 3.63) is 18.5 Å². The molecule has 1 unspecified atom stereocenters. The van der Waals surface area contributed by atoms with E-state index in [0.717, 1.165) is 6.42 Å². The Morgan fingerprint density at radius 3 is 2.42 bits per heavy atom. The molecule has 68 valence electrons. The van der Waals surface area contributed by atoms with Crippen LogP contribution in [0.5, 0.6) is 0 Å². The molecule has 0 aliphatic heterocycles. The second-order valence-corrected chi connectivity index (χ2v) is 5.20. The van der Waals surface area contributed by atoms with Gasteiger partial charge in [-0.3, -0.25) is 0 Å². The second kappa shape index (κ2) is 4.28. The molecule has 0 aliphatic carbocycles. The molecular formula is C8H12I2N2. The monoisotopic (exact) mass is 390 g/mol. The van der Waals surface area contributed by atoms with Gasteiger partial charge in [0.2, 0.25) is 0 Å². The number of aromatic nitrogens is 1. The van der Waals surface area contributed by atoms with Gasteiger partial charge in [-0.2, -0.15) is 0 Å².